The van der Waals surface area contributed by atoms with Crippen molar-refractivity contribution in [3.8, 4) is 0 Å². The van der Waals surface area contributed by atoms with Crippen molar-refractivity contribution in [2.45, 2.75) is 28.8 Å². The molecule has 4 nitrogen and oxygen atoms in total. The Morgan fingerprint density at radius 1 is 1.44 bits per heavy atom. The number of hydrogen-bond acceptors (Lipinski definition) is 6. The zero-order valence-corrected chi connectivity index (χ0v) is 10.7. The Labute approximate surface area is 110 Å². The highest BCUT2D eigenvalue weighted by molar-refractivity contribution is 7.82. The normalized spacial score (nSPS) is 21.2. The quantitative estimate of drug-likeness (QED) is 0.838. The van der Waals surface area contributed by atoms with Crippen LogP contribution >= 0.6 is 24.0 Å². The van der Waals surface area contributed by atoms with Crippen LogP contribution in [0.4, 0.5) is 13.2 Å². The minimum atomic E-state index is -4.84. The summed E-state index contributed by atoms with van der Waals surface area (Å²) in [6, 6.07) is 0. The van der Waals surface area contributed by atoms with Gasteiger partial charge in [-0.15, -0.1) is 24.0 Å². The molecule has 0 aromatic carbocycles. The van der Waals surface area contributed by atoms with Gasteiger partial charge < -0.3 is 14.6 Å². The van der Waals surface area contributed by atoms with Gasteiger partial charge in [0.05, 0.1) is 18.1 Å². The standard InChI is InChI=1S/C9H10F3NO3S2/c10-9(11,12)8(14,3-6-15-1-2-16-6)5-4-13-7(17)18-5/h4,6,14H,1-3H2,(H,13,17). The fourth-order valence-electron chi connectivity index (χ4n) is 1.58. The van der Waals surface area contributed by atoms with Crippen molar-refractivity contribution in [2.75, 3.05) is 13.2 Å². The summed E-state index contributed by atoms with van der Waals surface area (Å²) in [5, 5.41) is 9.94. The molecule has 0 spiro atoms. The molecule has 1 fully saturated rings. The van der Waals surface area contributed by atoms with Crippen molar-refractivity contribution < 1.29 is 27.8 Å². The first-order valence-electron chi connectivity index (χ1n) is 5.00. The fourth-order valence-corrected chi connectivity index (χ4v) is 2.71. The minimum absolute atomic E-state index is 0.154. The lowest BCUT2D eigenvalue weighted by Gasteiger charge is -2.30. The number of hydrogen-bond donors (Lipinski definition) is 2. The van der Waals surface area contributed by atoms with Gasteiger partial charge in [-0.2, -0.15) is 13.2 Å². The molecule has 18 heavy (non-hydrogen) atoms. The van der Waals surface area contributed by atoms with E-state index >= 15 is 0 Å². The number of aromatic nitrogens is 1. The maximum Gasteiger partial charge on any atom is 0.422 e. The highest BCUT2D eigenvalue weighted by atomic mass is 32.2. The molecule has 2 rings (SSSR count). The third-order valence-corrected chi connectivity index (χ3v) is 3.86. The molecule has 9 heteroatoms. The zero-order chi connectivity index (χ0) is 13.4. The van der Waals surface area contributed by atoms with E-state index in [1.54, 1.807) is 0 Å². The monoisotopic (exact) mass is 301 g/mol. The second kappa shape index (κ2) is 4.97. The Kier molecular flexibility index (Phi) is 3.88. The van der Waals surface area contributed by atoms with E-state index in [0.717, 1.165) is 6.20 Å². The van der Waals surface area contributed by atoms with E-state index in [4.69, 9.17) is 9.47 Å². The molecule has 1 unspecified atom stereocenters. The second-order valence-electron chi connectivity index (χ2n) is 3.74. The van der Waals surface area contributed by atoms with Crippen molar-refractivity contribution >= 4 is 24.0 Å². The van der Waals surface area contributed by atoms with Crippen molar-refractivity contribution in [1.29, 1.82) is 0 Å². The number of ether oxygens (including phenoxy) is 2. The van der Waals surface area contributed by atoms with Gasteiger partial charge in [-0.1, -0.05) is 0 Å². The lowest BCUT2D eigenvalue weighted by atomic mass is 9.97. The van der Waals surface area contributed by atoms with E-state index in [1.807, 2.05) is 0 Å². The second-order valence-corrected chi connectivity index (χ2v) is 5.50. The molecule has 1 N–H and O–H groups in total. The topological polar surface area (TPSA) is 51.6 Å². The van der Waals surface area contributed by atoms with Crippen LogP contribution in [-0.4, -0.2) is 35.8 Å². The number of rotatable bonds is 3. The van der Waals surface area contributed by atoms with Crippen molar-refractivity contribution in [2.24, 2.45) is 0 Å². The van der Waals surface area contributed by atoms with E-state index in [1.165, 1.54) is 0 Å². The third kappa shape index (κ3) is 2.64. The van der Waals surface area contributed by atoms with Crippen molar-refractivity contribution in [1.82, 2.24) is 4.98 Å². The predicted octanol–water partition coefficient (Wildman–Crippen LogP) is 1.94. The first kappa shape index (κ1) is 14.1. The minimum Gasteiger partial charge on any atom is -0.375 e. The Morgan fingerprint density at radius 2 is 2.06 bits per heavy atom. The number of aliphatic hydroxyl groups is 1. The maximum absolute atomic E-state index is 13.0. The van der Waals surface area contributed by atoms with E-state index in [-0.39, 0.29) is 22.4 Å². The molecule has 0 bridgehead atoms. The number of alkyl halides is 3. The van der Waals surface area contributed by atoms with E-state index in [2.05, 4.69) is 17.6 Å². The largest absolute Gasteiger partial charge is 0.422 e. The lowest BCUT2D eigenvalue weighted by molar-refractivity contribution is -0.282. The number of nitrogens with zero attached hydrogens (tertiary/aromatic N) is 1. The predicted molar refractivity (Wildman–Crippen MR) is 59.6 cm³/mol. The Balaban J connectivity index is 2.28. The molecule has 1 aliphatic rings. The van der Waals surface area contributed by atoms with Crippen LogP contribution in [0.5, 0.6) is 0 Å². The molecule has 2 heterocycles. The van der Waals surface area contributed by atoms with Crippen LogP contribution in [0, 0.1) is 0 Å². The van der Waals surface area contributed by atoms with Crippen LogP contribution in [-0.2, 0) is 15.1 Å². The Morgan fingerprint density at radius 3 is 2.50 bits per heavy atom. The van der Waals surface area contributed by atoms with Gasteiger partial charge in [-0.05, 0) is 0 Å². The van der Waals surface area contributed by atoms with Crippen LogP contribution < -0.4 is 0 Å². The van der Waals surface area contributed by atoms with E-state index in [9.17, 15) is 18.3 Å². The molecular formula is C9H10F3NO3S2. The molecule has 102 valence electrons. The van der Waals surface area contributed by atoms with Gasteiger partial charge in [0.15, 0.2) is 6.29 Å². The summed E-state index contributed by atoms with van der Waals surface area (Å²) >= 11 is 4.52. The number of halogens is 3. The summed E-state index contributed by atoms with van der Waals surface area (Å²) in [4.78, 5) is 3.29. The highest BCUT2D eigenvalue weighted by Gasteiger charge is 2.57. The smallest absolute Gasteiger partial charge is 0.375 e. The molecule has 0 radical (unpaired) electrons. The molecule has 1 aromatic rings. The zero-order valence-electron chi connectivity index (χ0n) is 8.98. The van der Waals surface area contributed by atoms with Gasteiger partial charge >= 0.3 is 6.18 Å². The van der Waals surface area contributed by atoms with Crippen LogP contribution in [0.1, 0.15) is 11.3 Å². The van der Waals surface area contributed by atoms with Crippen molar-refractivity contribution in [3.63, 3.8) is 0 Å². The molecule has 1 saturated heterocycles. The Hall–Kier alpha value is -0.350. The van der Waals surface area contributed by atoms with Gasteiger partial charge in [-0.3, -0.25) is 0 Å². The van der Waals surface area contributed by atoms with Gasteiger partial charge in [0.25, 0.3) is 0 Å². The summed E-state index contributed by atoms with van der Waals surface area (Å²) < 4.78 is 49.2. The fraction of sp³-hybridized carbons (Fsp3) is 0.667. The summed E-state index contributed by atoms with van der Waals surface area (Å²) in [5.74, 6) is 0. The molecule has 1 atom stereocenters. The SMILES string of the molecule is OC(CC1OCCO1)(c1cnc(S)s1)C(F)(F)F. The highest BCUT2D eigenvalue weighted by Crippen LogP contribution is 2.45. The molecule has 1 aliphatic heterocycles. The summed E-state index contributed by atoms with van der Waals surface area (Å²) in [6.07, 6.45) is -5.65. The summed E-state index contributed by atoms with van der Waals surface area (Å²) in [5.41, 5.74) is -3.03. The van der Waals surface area contributed by atoms with Crippen LogP contribution in [0.25, 0.3) is 0 Å². The maximum atomic E-state index is 13.0. The van der Waals surface area contributed by atoms with Crippen LogP contribution in [0.2, 0.25) is 0 Å². The lowest BCUT2D eigenvalue weighted by Crippen LogP contribution is -2.44. The van der Waals surface area contributed by atoms with Crippen LogP contribution in [0.3, 0.4) is 0 Å². The van der Waals surface area contributed by atoms with Gasteiger partial charge in [-0.25, -0.2) is 4.98 Å². The molecular weight excluding hydrogens is 291 g/mol. The summed E-state index contributed by atoms with van der Waals surface area (Å²) in [7, 11) is 0. The van der Waals surface area contributed by atoms with Crippen molar-refractivity contribution in [3.05, 3.63) is 11.1 Å². The molecule has 0 amide bonds. The van der Waals surface area contributed by atoms with E-state index in [0.29, 0.717) is 11.3 Å². The first-order chi connectivity index (χ1) is 8.33. The number of thiazole rings is 1. The summed E-state index contributed by atoms with van der Waals surface area (Å²) in [6.45, 7) is 0.443. The van der Waals surface area contributed by atoms with E-state index < -0.39 is 24.5 Å². The Bertz CT molecular complexity index is 419. The molecule has 1 aromatic heterocycles. The average Bonchev–Trinajstić information content (AvgIpc) is 2.87. The van der Waals surface area contributed by atoms with Crippen LogP contribution in [0.15, 0.2) is 10.5 Å². The number of thiol groups is 1. The van der Waals surface area contributed by atoms with Gasteiger partial charge in [0.1, 0.15) is 4.34 Å². The first-order valence-corrected chi connectivity index (χ1v) is 6.27. The molecule has 0 saturated carbocycles. The van der Waals surface area contributed by atoms with Gasteiger partial charge in [0, 0.05) is 12.6 Å². The average molecular weight is 301 g/mol. The third-order valence-electron chi connectivity index (χ3n) is 2.52. The van der Waals surface area contributed by atoms with Gasteiger partial charge in [0.2, 0.25) is 5.60 Å². The molecule has 0 aliphatic carbocycles.